The van der Waals surface area contributed by atoms with Gasteiger partial charge in [-0.05, 0) is 29.7 Å². The average Bonchev–Trinajstić information content (AvgIpc) is 2.07. The summed E-state index contributed by atoms with van der Waals surface area (Å²) in [6.45, 7) is 0. The molecule has 2 aromatic carbocycles. The molecule has 0 aliphatic rings. The molecule has 0 amide bonds. The van der Waals surface area contributed by atoms with Gasteiger partial charge in [0.25, 0.3) is 0 Å². The third kappa shape index (κ3) is 1.05. The fraction of sp³-hybridized carbons (Fsp3) is 0. The molecule has 0 aliphatic heterocycles. The van der Waals surface area contributed by atoms with Crippen LogP contribution in [0.4, 0.5) is 8.78 Å². The summed E-state index contributed by atoms with van der Waals surface area (Å²) < 4.78 is 25.6. The van der Waals surface area contributed by atoms with Gasteiger partial charge in [-0.15, -0.1) is 0 Å². The molecule has 0 fully saturated rings. The minimum Gasteiger partial charge on any atom is -0.207 e. The maximum Gasteiger partial charge on any atom is 0.131 e. The molecule has 0 saturated heterocycles. The summed E-state index contributed by atoms with van der Waals surface area (Å²) in [4.78, 5) is 0. The van der Waals surface area contributed by atoms with Gasteiger partial charge in [-0.2, -0.15) is 0 Å². The van der Waals surface area contributed by atoms with E-state index in [1.165, 1.54) is 18.2 Å². The highest BCUT2D eigenvalue weighted by molar-refractivity contribution is 5.82. The van der Waals surface area contributed by atoms with Crippen molar-refractivity contribution in [2.45, 2.75) is 0 Å². The van der Waals surface area contributed by atoms with Crippen LogP contribution in [0.5, 0.6) is 0 Å². The fourth-order valence-electron chi connectivity index (χ4n) is 1.14. The van der Waals surface area contributed by atoms with Crippen molar-refractivity contribution in [1.29, 1.82) is 0 Å². The first kappa shape index (κ1) is 7.22. The fourth-order valence-corrected chi connectivity index (χ4v) is 1.14. The van der Waals surface area contributed by atoms with Crippen molar-refractivity contribution < 1.29 is 8.78 Å². The Morgan fingerprint density at radius 1 is 1.17 bits per heavy atom. The van der Waals surface area contributed by atoms with Gasteiger partial charge in [0.15, 0.2) is 0 Å². The van der Waals surface area contributed by atoms with Gasteiger partial charge in [0.2, 0.25) is 0 Å². The van der Waals surface area contributed by atoms with Gasteiger partial charge in [0.1, 0.15) is 11.6 Å². The van der Waals surface area contributed by atoms with Crippen molar-refractivity contribution in [2.24, 2.45) is 0 Å². The van der Waals surface area contributed by atoms with Crippen LogP contribution in [0.1, 0.15) is 0 Å². The number of rotatable bonds is 0. The van der Waals surface area contributed by atoms with Crippen LogP contribution in [0.25, 0.3) is 10.8 Å². The zero-order chi connectivity index (χ0) is 8.55. The molecule has 0 saturated carbocycles. The zero-order valence-electron chi connectivity index (χ0n) is 6.14. The van der Waals surface area contributed by atoms with E-state index in [4.69, 9.17) is 0 Å². The van der Waals surface area contributed by atoms with Crippen molar-refractivity contribution in [3.8, 4) is 0 Å². The van der Waals surface area contributed by atoms with Crippen LogP contribution in [-0.2, 0) is 0 Å². The van der Waals surface area contributed by atoms with Crippen molar-refractivity contribution in [2.75, 3.05) is 0 Å². The minimum atomic E-state index is -0.465. The summed E-state index contributed by atoms with van der Waals surface area (Å²) in [5, 5.41) is 0.869. The third-order valence-electron chi connectivity index (χ3n) is 1.70. The lowest BCUT2D eigenvalue weighted by atomic mass is 10.1. The molecule has 0 aliphatic carbocycles. The Bertz CT molecular complexity index is 421. The van der Waals surface area contributed by atoms with Gasteiger partial charge >= 0.3 is 0 Å². The smallest absolute Gasteiger partial charge is 0.131 e. The Morgan fingerprint density at radius 2 is 2.00 bits per heavy atom. The molecule has 2 aromatic rings. The monoisotopic (exact) mass is 163 g/mol. The molecular weight excluding hydrogens is 158 g/mol. The molecule has 0 N–H and O–H groups in total. The van der Waals surface area contributed by atoms with E-state index in [1.807, 2.05) is 0 Å². The largest absolute Gasteiger partial charge is 0.207 e. The lowest BCUT2D eigenvalue weighted by Gasteiger charge is -1.97. The molecule has 0 spiro atoms. The van der Waals surface area contributed by atoms with E-state index in [1.54, 1.807) is 12.1 Å². The van der Waals surface area contributed by atoms with Gasteiger partial charge in [-0.3, -0.25) is 0 Å². The Kier molecular flexibility index (Phi) is 1.54. The summed E-state index contributed by atoms with van der Waals surface area (Å²) in [7, 11) is 0. The lowest BCUT2D eigenvalue weighted by Crippen LogP contribution is -1.80. The molecule has 59 valence electrons. The predicted molar refractivity (Wildman–Crippen MR) is 42.7 cm³/mol. The van der Waals surface area contributed by atoms with Gasteiger partial charge in [-0.1, -0.05) is 12.1 Å². The van der Waals surface area contributed by atoms with E-state index < -0.39 is 11.6 Å². The van der Waals surface area contributed by atoms with Gasteiger partial charge in [0, 0.05) is 5.39 Å². The van der Waals surface area contributed by atoms with Crippen LogP contribution >= 0.6 is 0 Å². The molecule has 0 nitrogen and oxygen atoms in total. The molecule has 2 heteroatoms. The Labute approximate surface area is 68.4 Å². The highest BCUT2D eigenvalue weighted by Gasteiger charge is 2.00. The maximum atomic E-state index is 13.0. The topological polar surface area (TPSA) is 0 Å². The van der Waals surface area contributed by atoms with Crippen LogP contribution in [0, 0.1) is 17.7 Å². The quantitative estimate of drug-likeness (QED) is 0.560. The standard InChI is InChI=1S/C10H5F2/c11-8-5-4-7-2-1-3-10(12)9(7)6-8/h1-3,5-6H. The molecule has 1 radical (unpaired) electrons. The van der Waals surface area contributed by atoms with Crippen molar-refractivity contribution >= 4 is 10.8 Å². The van der Waals surface area contributed by atoms with E-state index in [0.29, 0.717) is 5.39 Å². The number of hydrogen-bond acceptors (Lipinski definition) is 0. The first-order valence-electron chi connectivity index (χ1n) is 3.53. The Hall–Kier alpha value is -1.44. The van der Waals surface area contributed by atoms with E-state index in [-0.39, 0.29) is 5.39 Å². The summed E-state index contributed by atoms with van der Waals surface area (Å²) in [5.74, 6) is -0.879. The van der Waals surface area contributed by atoms with E-state index >= 15 is 0 Å². The maximum absolute atomic E-state index is 13.0. The molecule has 0 bridgehead atoms. The molecule has 0 atom stereocenters. The van der Waals surface area contributed by atoms with Crippen LogP contribution in [0.2, 0.25) is 0 Å². The van der Waals surface area contributed by atoms with Crippen LogP contribution < -0.4 is 0 Å². The normalized spacial score (nSPS) is 10.5. The van der Waals surface area contributed by atoms with E-state index in [0.717, 1.165) is 0 Å². The molecule has 0 heterocycles. The predicted octanol–water partition coefficient (Wildman–Crippen LogP) is 2.92. The second-order valence-electron chi connectivity index (χ2n) is 2.52. The van der Waals surface area contributed by atoms with Crippen molar-refractivity contribution in [3.63, 3.8) is 0 Å². The van der Waals surface area contributed by atoms with E-state index in [2.05, 4.69) is 6.07 Å². The molecular formula is C10H5F2. The number of fused-ring (bicyclic) bond motifs is 1. The van der Waals surface area contributed by atoms with E-state index in [9.17, 15) is 8.78 Å². The molecule has 12 heavy (non-hydrogen) atoms. The number of benzene rings is 2. The van der Waals surface area contributed by atoms with Crippen LogP contribution in [-0.4, -0.2) is 0 Å². The molecule has 2 rings (SSSR count). The van der Waals surface area contributed by atoms with Gasteiger partial charge < -0.3 is 0 Å². The highest BCUT2D eigenvalue weighted by Crippen LogP contribution is 2.17. The molecule has 0 unspecified atom stereocenters. The SMILES string of the molecule is Fc1c[c]c2cccc(F)c2c1. The van der Waals surface area contributed by atoms with Crippen LogP contribution in [0.3, 0.4) is 0 Å². The average molecular weight is 163 g/mol. The summed E-state index contributed by atoms with van der Waals surface area (Å²) in [6.07, 6.45) is 0. The highest BCUT2D eigenvalue weighted by atomic mass is 19.1. The minimum absolute atomic E-state index is 0.275. The summed E-state index contributed by atoms with van der Waals surface area (Å²) in [5.41, 5.74) is 0. The van der Waals surface area contributed by atoms with Crippen LogP contribution in [0.15, 0.2) is 30.3 Å². The third-order valence-corrected chi connectivity index (χ3v) is 1.70. The Morgan fingerprint density at radius 3 is 2.83 bits per heavy atom. The second-order valence-corrected chi connectivity index (χ2v) is 2.52. The van der Waals surface area contributed by atoms with Crippen molar-refractivity contribution in [3.05, 3.63) is 48.0 Å². The lowest BCUT2D eigenvalue weighted by molar-refractivity contribution is 0.621. The number of hydrogen-bond donors (Lipinski definition) is 0. The first-order valence-corrected chi connectivity index (χ1v) is 3.53. The molecule has 0 aromatic heterocycles. The summed E-state index contributed by atoms with van der Waals surface area (Å²) >= 11 is 0. The van der Waals surface area contributed by atoms with Gasteiger partial charge in [-0.25, -0.2) is 8.78 Å². The second kappa shape index (κ2) is 2.55. The number of halogens is 2. The Balaban J connectivity index is 2.88. The first-order chi connectivity index (χ1) is 5.77. The zero-order valence-corrected chi connectivity index (χ0v) is 6.14. The summed E-state index contributed by atoms with van der Waals surface area (Å²) in [6, 6.07) is 9.58. The van der Waals surface area contributed by atoms with Crippen molar-refractivity contribution in [1.82, 2.24) is 0 Å². The van der Waals surface area contributed by atoms with Gasteiger partial charge in [0.05, 0.1) is 0 Å².